The van der Waals surface area contributed by atoms with Crippen LogP contribution in [0.1, 0.15) is 107 Å². The normalized spacial score (nSPS) is 20.0. The molecule has 1 amide bonds. The van der Waals surface area contributed by atoms with Gasteiger partial charge in [0.15, 0.2) is 0 Å². The van der Waals surface area contributed by atoms with Crippen LogP contribution in [-0.2, 0) is 4.74 Å². The number of aliphatic hydroxyl groups is 2. The van der Waals surface area contributed by atoms with Gasteiger partial charge in [0, 0.05) is 27.4 Å². The molecule has 7 N–H and O–H groups in total. The molecule has 16 heteroatoms. The van der Waals surface area contributed by atoms with Crippen molar-refractivity contribution >= 4 is 39.4 Å². The van der Waals surface area contributed by atoms with Crippen LogP contribution in [0.4, 0.5) is 24.8 Å². The third-order valence-electron chi connectivity index (χ3n) is 10.8. The standard InChI is InChI=1S/C42H41BrF3N7O5/c43-26-13-25(14-27(44)17-26)36(53-41(56)30-11-5-23(15-32(30)45)37-39(47)49-18-34(51-37)21-1-7-28(54)8-2-21)20-58-42(57)31-12-6-24(16-33(31)46)38-40(48)50-19-35(52-38)22-3-9-29(55)10-4-22/h5-6,11-19,21-22,28-29,36,54-55H,1-4,7-10,20H2,(H2,47,49)(H2,48,50)(H,53,56)/t21-,22-,28-,29-,36-/m1/s1. The number of nitrogens with two attached hydrogens (primary N) is 2. The second-order valence-corrected chi connectivity index (χ2v) is 15.7. The Labute approximate surface area is 340 Å². The highest BCUT2D eigenvalue weighted by Crippen LogP contribution is 2.36. The van der Waals surface area contributed by atoms with E-state index in [1.807, 2.05) is 0 Å². The second-order valence-electron chi connectivity index (χ2n) is 14.8. The topological polar surface area (TPSA) is 199 Å². The summed E-state index contributed by atoms with van der Waals surface area (Å²) < 4.78 is 51.6. The largest absolute Gasteiger partial charge is 0.459 e. The highest BCUT2D eigenvalue weighted by atomic mass is 79.9. The number of carbonyl (C=O) groups is 2. The SMILES string of the molecule is Nc1ncc([C@H]2CC[C@H](O)CC2)nc1-c1ccc(C(=O)N[C@H](COC(=O)c2ccc(-c3nc([C@H]4CC[C@H](O)CC4)cnc3N)cc2F)c2cc(F)cc(Br)c2)c(F)c1. The summed E-state index contributed by atoms with van der Waals surface area (Å²) in [4.78, 5) is 44.7. The van der Waals surface area contributed by atoms with Gasteiger partial charge in [-0.1, -0.05) is 28.1 Å². The van der Waals surface area contributed by atoms with Crippen LogP contribution in [0.2, 0.25) is 0 Å². The lowest BCUT2D eigenvalue weighted by molar-refractivity contribution is 0.0450. The molecule has 2 aliphatic rings. The van der Waals surface area contributed by atoms with Crippen LogP contribution in [0, 0.1) is 17.5 Å². The van der Waals surface area contributed by atoms with Crippen LogP contribution in [0.25, 0.3) is 22.5 Å². The van der Waals surface area contributed by atoms with E-state index in [0.717, 1.165) is 43.9 Å². The predicted octanol–water partition coefficient (Wildman–Crippen LogP) is 7.31. The second kappa shape index (κ2) is 17.6. The molecule has 1 atom stereocenters. The Kier molecular flexibility index (Phi) is 12.4. The van der Waals surface area contributed by atoms with Crippen LogP contribution in [0.5, 0.6) is 0 Å². The molecular formula is C42H41BrF3N7O5. The van der Waals surface area contributed by atoms with E-state index >= 15 is 8.78 Å². The molecule has 2 saturated carbocycles. The first-order valence-corrected chi connectivity index (χ1v) is 19.8. The highest BCUT2D eigenvalue weighted by Gasteiger charge is 2.27. The third-order valence-corrected chi connectivity index (χ3v) is 11.2. The molecule has 5 aromatic rings. The van der Waals surface area contributed by atoms with Gasteiger partial charge in [-0.2, -0.15) is 0 Å². The number of rotatable bonds is 10. The minimum atomic E-state index is -1.20. The summed E-state index contributed by atoms with van der Waals surface area (Å²) in [7, 11) is 0. The van der Waals surface area contributed by atoms with Gasteiger partial charge >= 0.3 is 5.97 Å². The molecule has 58 heavy (non-hydrogen) atoms. The molecule has 0 spiro atoms. The van der Waals surface area contributed by atoms with Crippen LogP contribution < -0.4 is 16.8 Å². The molecular weight excluding hydrogens is 819 g/mol. The zero-order chi connectivity index (χ0) is 41.1. The molecule has 0 bridgehead atoms. The van der Waals surface area contributed by atoms with Crippen molar-refractivity contribution in [2.24, 2.45) is 0 Å². The summed E-state index contributed by atoms with van der Waals surface area (Å²) in [5.41, 5.74) is 14.0. The van der Waals surface area contributed by atoms with E-state index in [4.69, 9.17) is 16.2 Å². The molecule has 2 fully saturated rings. The molecule has 2 aliphatic carbocycles. The number of amides is 1. The van der Waals surface area contributed by atoms with Gasteiger partial charge in [-0.25, -0.2) is 37.9 Å². The van der Waals surface area contributed by atoms with Crippen molar-refractivity contribution in [2.75, 3.05) is 18.1 Å². The smallest absolute Gasteiger partial charge is 0.341 e. The minimum absolute atomic E-state index is 0.0652. The summed E-state index contributed by atoms with van der Waals surface area (Å²) in [6.07, 6.45) is 7.90. The lowest BCUT2D eigenvalue weighted by atomic mass is 9.85. The number of benzene rings is 3. The molecule has 2 heterocycles. The monoisotopic (exact) mass is 859 g/mol. The van der Waals surface area contributed by atoms with Crippen molar-refractivity contribution in [3.8, 4) is 22.5 Å². The average molecular weight is 861 g/mol. The summed E-state index contributed by atoms with van der Waals surface area (Å²) in [6, 6.07) is 10.2. The Morgan fingerprint density at radius 2 is 1.24 bits per heavy atom. The lowest BCUT2D eigenvalue weighted by Gasteiger charge is -2.25. The van der Waals surface area contributed by atoms with E-state index in [1.165, 1.54) is 36.4 Å². The van der Waals surface area contributed by atoms with Gasteiger partial charge in [0.2, 0.25) is 0 Å². The van der Waals surface area contributed by atoms with Crippen LogP contribution in [0.15, 0.2) is 71.5 Å². The Morgan fingerprint density at radius 3 is 1.72 bits per heavy atom. The van der Waals surface area contributed by atoms with Gasteiger partial charge in [-0.15, -0.1) is 0 Å². The van der Waals surface area contributed by atoms with Gasteiger partial charge in [-0.05, 0) is 99.4 Å². The minimum Gasteiger partial charge on any atom is -0.459 e. The van der Waals surface area contributed by atoms with Gasteiger partial charge in [-0.3, -0.25) is 4.79 Å². The Morgan fingerprint density at radius 1 is 0.741 bits per heavy atom. The Balaban J connectivity index is 1.07. The molecule has 0 saturated heterocycles. The van der Waals surface area contributed by atoms with Gasteiger partial charge in [0.05, 0.1) is 53.2 Å². The highest BCUT2D eigenvalue weighted by molar-refractivity contribution is 9.10. The van der Waals surface area contributed by atoms with Crippen LogP contribution in [0.3, 0.4) is 0 Å². The number of nitrogens with zero attached hydrogens (tertiary/aromatic N) is 4. The maximum Gasteiger partial charge on any atom is 0.341 e. The summed E-state index contributed by atoms with van der Waals surface area (Å²) in [5.74, 6) is -4.20. The van der Waals surface area contributed by atoms with Crippen molar-refractivity contribution in [1.29, 1.82) is 0 Å². The molecule has 0 unspecified atom stereocenters. The number of nitrogen functional groups attached to an aromatic ring is 2. The number of hydrogen-bond donors (Lipinski definition) is 5. The quantitative estimate of drug-likeness (QED) is 0.0883. The number of anilines is 2. The number of hydrogen-bond acceptors (Lipinski definition) is 11. The van der Waals surface area contributed by atoms with Gasteiger partial charge < -0.3 is 31.7 Å². The van der Waals surface area contributed by atoms with Gasteiger partial charge in [0.1, 0.15) is 47.1 Å². The number of ether oxygens (including phenoxy) is 1. The number of halogens is 4. The fourth-order valence-corrected chi connectivity index (χ4v) is 8.01. The molecule has 3 aromatic carbocycles. The molecule has 0 radical (unpaired) electrons. The van der Waals surface area contributed by atoms with E-state index in [-0.39, 0.29) is 69.3 Å². The molecule has 7 rings (SSSR count). The summed E-state index contributed by atoms with van der Waals surface area (Å²) in [6.45, 7) is -0.574. The van der Waals surface area contributed by atoms with Crippen molar-refractivity contribution in [1.82, 2.24) is 25.3 Å². The van der Waals surface area contributed by atoms with E-state index in [0.29, 0.717) is 41.5 Å². The first kappa shape index (κ1) is 40.7. The fourth-order valence-electron chi connectivity index (χ4n) is 7.53. The molecule has 2 aromatic heterocycles. The van der Waals surface area contributed by atoms with Crippen molar-refractivity contribution in [3.05, 3.63) is 117 Å². The molecule has 302 valence electrons. The maximum atomic E-state index is 15.7. The van der Waals surface area contributed by atoms with E-state index in [1.54, 1.807) is 12.4 Å². The predicted molar refractivity (Wildman–Crippen MR) is 213 cm³/mol. The third kappa shape index (κ3) is 9.30. The maximum absolute atomic E-state index is 15.7. The zero-order valence-corrected chi connectivity index (χ0v) is 32.8. The fraction of sp³-hybridized carbons (Fsp3) is 0.333. The average Bonchev–Trinajstić information content (AvgIpc) is 3.20. The van der Waals surface area contributed by atoms with Crippen LogP contribution >= 0.6 is 15.9 Å². The van der Waals surface area contributed by atoms with Crippen molar-refractivity contribution < 1.29 is 37.7 Å². The Hall–Kier alpha value is -5.45. The van der Waals surface area contributed by atoms with Crippen molar-refractivity contribution in [3.63, 3.8) is 0 Å². The number of aliphatic hydroxyl groups excluding tert-OH is 2. The first-order valence-electron chi connectivity index (χ1n) is 19.0. The van der Waals surface area contributed by atoms with Crippen molar-refractivity contribution in [2.45, 2.75) is 81.5 Å². The number of aromatic nitrogens is 4. The number of nitrogens with one attached hydrogen (secondary N) is 1. The number of carbonyl (C=O) groups excluding carboxylic acids is 2. The van der Waals surface area contributed by atoms with E-state index in [9.17, 15) is 24.2 Å². The van der Waals surface area contributed by atoms with E-state index in [2.05, 4.69) is 41.2 Å². The lowest BCUT2D eigenvalue weighted by Crippen LogP contribution is -2.33. The first-order chi connectivity index (χ1) is 27.8. The van der Waals surface area contributed by atoms with Gasteiger partial charge in [0.25, 0.3) is 5.91 Å². The van der Waals surface area contributed by atoms with Crippen LogP contribution in [-0.4, -0.2) is 60.8 Å². The number of esters is 1. The van der Waals surface area contributed by atoms with E-state index < -0.39 is 47.5 Å². The zero-order valence-electron chi connectivity index (χ0n) is 31.2. The summed E-state index contributed by atoms with van der Waals surface area (Å²) in [5, 5.41) is 22.4. The summed E-state index contributed by atoms with van der Waals surface area (Å²) >= 11 is 3.23. The Bertz CT molecular complexity index is 2320. The molecule has 12 nitrogen and oxygen atoms in total. The molecule has 0 aliphatic heterocycles.